The largest absolute Gasteiger partial charge is 0.493 e. The molecule has 3 amide bonds. The molecule has 0 aliphatic carbocycles. The first kappa shape index (κ1) is 31.0. The Labute approximate surface area is 254 Å². The van der Waals surface area contributed by atoms with Gasteiger partial charge >= 0.3 is 0 Å². The third-order valence-corrected chi connectivity index (χ3v) is 9.07. The molecule has 11 heteroatoms. The highest BCUT2D eigenvalue weighted by molar-refractivity contribution is 5.99. The Morgan fingerprint density at radius 1 is 1.05 bits per heavy atom. The standard InChI is InChI=1S/C32H47N7O4/c1-23-10-12-27-29(20-23)43-19-7-18-39-22-26(35-36-39)21-38(17-6-14-33-31(41)24(2)34-32(27)42)30(40)13-11-25-8-5-16-37-15-4-3-9-28(25)37/h10,12,20,22,24-25,28H,3-9,11,13-19,21H2,1-2H3,(H,33,41)(H,34,42)/t24-,25+,28-/m1/s1. The zero-order valence-corrected chi connectivity index (χ0v) is 25.7. The van der Waals surface area contributed by atoms with Crippen LogP contribution in [-0.2, 0) is 22.7 Å². The van der Waals surface area contributed by atoms with Crippen LogP contribution in [0.1, 0.15) is 86.3 Å². The van der Waals surface area contributed by atoms with Crippen LogP contribution < -0.4 is 15.4 Å². The lowest BCUT2D eigenvalue weighted by molar-refractivity contribution is -0.132. The molecule has 1 aromatic heterocycles. The third kappa shape index (κ3) is 8.34. The van der Waals surface area contributed by atoms with Gasteiger partial charge in [0.2, 0.25) is 11.8 Å². The number of aromatic nitrogens is 3. The van der Waals surface area contributed by atoms with E-state index >= 15 is 0 Å². The van der Waals surface area contributed by atoms with Crippen molar-refractivity contribution in [3.8, 4) is 5.75 Å². The molecule has 234 valence electrons. The predicted molar refractivity (Wildman–Crippen MR) is 162 cm³/mol. The van der Waals surface area contributed by atoms with Gasteiger partial charge in [-0.3, -0.25) is 19.1 Å². The number of piperidine rings is 2. The smallest absolute Gasteiger partial charge is 0.255 e. The van der Waals surface area contributed by atoms with Crippen LogP contribution >= 0.6 is 0 Å². The minimum Gasteiger partial charge on any atom is -0.493 e. The summed E-state index contributed by atoms with van der Waals surface area (Å²) in [4.78, 5) is 43.9. The number of rotatable bonds is 3. The molecule has 3 aliphatic rings. The highest BCUT2D eigenvalue weighted by Gasteiger charge is 2.33. The molecular weight excluding hydrogens is 546 g/mol. The van der Waals surface area contributed by atoms with Gasteiger partial charge in [-0.1, -0.05) is 17.7 Å². The lowest BCUT2D eigenvalue weighted by atomic mass is 9.81. The monoisotopic (exact) mass is 593 g/mol. The van der Waals surface area contributed by atoms with Crippen molar-refractivity contribution in [3.63, 3.8) is 0 Å². The van der Waals surface area contributed by atoms with Gasteiger partial charge in [0.05, 0.1) is 24.9 Å². The fourth-order valence-electron chi connectivity index (χ4n) is 6.71. The molecule has 2 bridgehead atoms. The van der Waals surface area contributed by atoms with Crippen LogP contribution in [0.4, 0.5) is 0 Å². The van der Waals surface area contributed by atoms with Crippen LogP contribution in [0.25, 0.3) is 0 Å². The lowest BCUT2D eigenvalue weighted by Gasteiger charge is -2.44. The van der Waals surface area contributed by atoms with Crippen molar-refractivity contribution in [2.75, 3.05) is 32.8 Å². The SMILES string of the molecule is Cc1ccc2c(c1)OCCCn1cc(nn1)CN(C(=O)CC[C@@H]1CCCN3CCCC[C@H]13)CCCNC(=O)[C@@H](C)NC2=O. The van der Waals surface area contributed by atoms with Crippen molar-refractivity contribution in [2.24, 2.45) is 5.92 Å². The molecule has 4 heterocycles. The molecule has 5 rings (SSSR count). The summed E-state index contributed by atoms with van der Waals surface area (Å²) in [6, 6.07) is 5.32. The lowest BCUT2D eigenvalue weighted by Crippen LogP contribution is -2.48. The maximum atomic E-state index is 13.6. The average Bonchev–Trinajstić information content (AvgIpc) is 3.46. The predicted octanol–water partition coefficient (Wildman–Crippen LogP) is 3.07. The Bertz CT molecular complexity index is 1260. The van der Waals surface area contributed by atoms with E-state index in [9.17, 15) is 14.4 Å². The number of amides is 3. The summed E-state index contributed by atoms with van der Waals surface area (Å²) >= 11 is 0. The summed E-state index contributed by atoms with van der Waals surface area (Å²) in [5.74, 6) is 0.567. The molecule has 3 atom stereocenters. The Balaban J connectivity index is 1.24. The summed E-state index contributed by atoms with van der Waals surface area (Å²) in [5, 5.41) is 14.3. The molecule has 0 unspecified atom stereocenters. The number of hydrogen-bond acceptors (Lipinski definition) is 7. The number of aryl methyl sites for hydroxylation is 2. The minimum absolute atomic E-state index is 0.127. The summed E-state index contributed by atoms with van der Waals surface area (Å²) in [6.45, 7) is 8.29. The summed E-state index contributed by atoms with van der Waals surface area (Å²) < 4.78 is 7.77. The number of nitrogens with one attached hydrogen (secondary N) is 2. The maximum absolute atomic E-state index is 13.6. The number of carbonyl (C=O) groups is 3. The van der Waals surface area contributed by atoms with Gasteiger partial charge < -0.3 is 25.2 Å². The van der Waals surface area contributed by atoms with E-state index in [1.54, 1.807) is 17.7 Å². The van der Waals surface area contributed by atoms with Crippen LogP contribution in [0, 0.1) is 12.8 Å². The summed E-state index contributed by atoms with van der Waals surface area (Å²) in [6.07, 6.45) is 10.9. The Hall–Kier alpha value is -3.47. The van der Waals surface area contributed by atoms with Crippen molar-refractivity contribution in [1.82, 2.24) is 35.4 Å². The van der Waals surface area contributed by atoms with Crippen molar-refractivity contribution in [1.29, 1.82) is 0 Å². The summed E-state index contributed by atoms with van der Waals surface area (Å²) in [5.41, 5.74) is 2.12. The Morgan fingerprint density at radius 2 is 1.91 bits per heavy atom. The van der Waals surface area contributed by atoms with Crippen LogP contribution in [0.3, 0.4) is 0 Å². The van der Waals surface area contributed by atoms with Gasteiger partial charge in [-0.2, -0.15) is 0 Å². The van der Waals surface area contributed by atoms with Crippen LogP contribution in [0.15, 0.2) is 24.4 Å². The quantitative estimate of drug-likeness (QED) is 0.561. The molecule has 2 aromatic rings. The van der Waals surface area contributed by atoms with E-state index in [0.29, 0.717) is 75.3 Å². The average molecular weight is 594 g/mol. The van der Waals surface area contributed by atoms with Gasteiger partial charge in [-0.25, -0.2) is 0 Å². The normalized spacial score (nSPS) is 24.7. The van der Waals surface area contributed by atoms with Gasteiger partial charge in [0.15, 0.2) is 0 Å². The molecule has 11 nitrogen and oxygen atoms in total. The zero-order chi connectivity index (χ0) is 30.2. The Kier molecular flexibility index (Phi) is 10.7. The van der Waals surface area contributed by atoms with E-state index in [1.165, 1.54) is 45.2 Å². The van der Waals surface area contributed by atoms with Gasteiger partial charge in [0.1, 0.15) is 17.5 Å². The molecule has 43 heavy (non-hydrogen) atoms. The number of hydrogen-bond donors (Lipinski definition) is 2. The molecule has 0 radical (unpaired) electrons. The second-order valence-electron chi connectivity index (χ2n) is 12.4. The zero-order valence-electron chi connectivity index (χ0n) is 25.7. The van der Waals surface area contributed by atoms with Crippen molar-refractivity contribution in [2.45, 2.75) is 96.8 Å². The van der Waals surface area contributed by atoms with E-state index in [1.807, 2.05) is 30.2 Å². The first-order valence-electron chi connectivity index (χ1n) is 16.1. The molecule has 1 aromatic carbocycles. The summed E-state index contributed by atoms with van der Waals surface area (Å²) in [7, 11) is 0. The number of ether oxygens (including phenoxy) is 1. The van der Waals surface area contributed by atoms with E-state index in [2.05, 4.69) is 25.8 Å². The first-order chi connectivity index (χ1) is 20.9. The minimum atomic E-state index is -0.717. The number of benzene rings is 1. The van der Waals surface area contributed by atoms with Crippen LogP contribution in [0.5, 0.6) is 5.75 Å². The molecule has 3 aliphatic heterocycles. The van der Waals surface area contributed by atoms with Crippen LogP contribution in [0.2, 0.25) is 0 Å². The van der Waals surface area contributed by atoms with Gasteiger partial charge in [-0.15, -0.1) is 5.10 Å². The molecule has 2 N–H and O–H groups in total. The number of nitrogens with zero attached hydrogens (tertiary/aromatic N) is 5. The van der Waals surface area contributed by atoms with Gasteiger partial charge in [0, 0.05) is 38.5 Å². The van der Waals surface area contributed by atoms with Gasteiger partial charge in [-0.05, 0) is 89.1 Å². The highest BCUT2D eigenvalue weighted by atomic mass is 16.5. The van der Waals surface area contributed by atoms with E-state index in [0.717, 1.165) is 17.7 Å². The molecule has 2 saturated heterocycles. The van der Waals surface area contributed by atoms with Crippen molar-refractivity contribution in [3.05, 3.63) is 41.2 Å². The maximum Gasteiger partial charge on any atom is 0.255 e. The molecular formula is C32H47N7O4. The first-order valence-corrected chi connectivity index (χ1v) is 16.1. The molecule has 0 spiro atoms. The fraction of sp³-hybridized carbons (Fsp3) is 0.656. The fourth-order valence-corrected chi connectivity index (χ4v) is 6.71. The van der Waals surface area contributed by atoms with E-state index < -0.39 is 6.04 Å². The van der Waals surface area contributed by atoms with Crippen LogP contribution in [-0.4, -0.2) is 87.4 Å². The molecule has 0 saturated carbocycles. The topological polar surface area (TPSA) is 122 Å². The van der Waals surface area contributed by atoms with Gasteiger partial charge in [0.25, 0.3) is 5.91 Å². The number of fused-ring (bicyclic) bond motifs is 4. The third-order valence-electron chi connectivity index (χ3n) is 9.07. The van der Waals surface area contributed by atoms with Crippen molar-refractivity contribution < 1.29 is 19.1 Å². The number of carbonyl (C=O) groups excluding carboxylic acids is 3. The second kappa shape index (κ2) is 14.8. The van der Waals surface area contributed by atoms with E-state index in [4.69, 9.17) is 4.74 Å². The van der Waals surface area contributed by atoms with Crippen molar-refractivity contribution >= 4 is 17.7 Å². The Morgan fingerprint density at radius 3 is 2.79 bits per heavy atom. The highest BCUT2D eigenvalue weighted by Crippen LogP contribution is 2.33. The van der Waals surface area contributed by atoms with E-state index in [-0.39, 0.29) is 17.7 Å². The molecule has 2 fully saturated rings. The second-order valence-corrected chi connectivity index (χ2v) is 12.4.